The lowest BCUT2D eigenvalue weighted by molar-refractivity contribution is -0.135. The molecule has 35 heavy (non-hydrogen) atoms. The Morgan fingerprint density at radius 2 is 1.60 bits per heavy atom. The van der Waals surface area contributed by atoms with Gasteiger partial charge in [0.25, 0.3) is 0 Å². The van der Waals surface area contributed by atoms with E-state index in [1.165, 1.54) is 12.1 Å². The van der Waals surface area contributed by atoms with Crippen molar-refractivity contribution in [2.75, 3.05) is 0 Å². The van der Waals surface area contributed by atoms with E-state index in [2.05, 4.69) is 0 Å². The smallest absolute Gasteiger partial charge is 0.328 e. The summed E-state index contributed by atoms with van der Waals surface area (Å²) in [6.07, 6.45) is -4.68. The van der Waals surface area contributed by atoms with Crippen molar-refractivity contribution in [2.24, 2.45) is 0 Å². The summed E-state index contributed by atoms with van der Waals surface area (Å²) >= 11 is 0. The van der Waals surface area contributed by atoms with Crippen molar-refractivity contribution in [2.45, 2.75) is 81.7 Å². The molecule has 0 radical (unpaired) electrons. The third kappa shape index (κ3) is 5.53. The highest BCUT2D eigenvalue weighted by Crippen LogP contribution is 2.37. The van der Waals surface area contributed by atoms with E-state index in [4.69, 9.17) is 10.2 Å². The number of alkyl halides is 3. The van der Waals surface area contributed by atoms with E-state index >= 15 is 0 Å². The van der Waals surface area contributed by atoms with Crippen LogP contribution in [0.3, 0.4) is 0 Å². The van der Waals surface area contributed by atoms with Gasteiger partial charge in [-0.3, -0.25) is 0 Å². The van der Waals surface area contributed by atoms with Crippen LogP contribution in [0.15, 0.2) is 47.4 Å². The van der Waals surface area contributed by atoms with Crippen LogP contribution in [0.2, 0.25) is 0 Å². The zero-order valence-corrected chi connectivity index (χ0v) is 21.4. The molecule has 0 atom stereocenters. The van der Waals surface area contributed by atoms with E-state index < -0.39 is 27.2 Å². The maximum atomic E-state index is 13.6. The van der Waals surface area contributed by atoms with Crippen molar-refractivity contribution in [1.29, 1.82) is 5.26 Å². The van der Waals surface area contributed by atoms with Gasteiger partial charge in [-0.2, -0.15) is 18.4 Å². The molecule has 1 aromatic heterocycles. The second-order valence-corrected chi connectivity index (χ2v) is 12.8. The number of halogens is 3. The lowest BCUT2D eigenvalue weighted by atomic mass is 9.95. The molecule has 0 aliphatic heterocycles. The molecule has 0 aliphatic rings. The Balaban J connectivity index is 2.01. The minimum Gasteiger partial charge on any atom is -0.328 e. The number of nitrogens with zero attached hydrogens (tertiary/aromatic N) is 3. The topological polar surface area (TPSA) is 75.8 Å². The molecule has 0 N–H and O–H groups in total. The summed E-state index contributed by atoms with van der Waals surface area (Å²) in [6, 6.07) is 13.2. The SMILES string of the molecule is CC(C)(C)c1nc2cc(S(=O)(=O)C(C)(C)c3ccc(C#N)cc3)ccc2n1CCCCC(F)(F)F. The Bertz CT molecular complexity index is 1360. The Labute approximate surface area is 204 Å². The average molecular weight is 506 g/mol. The zero-order valence-electron chi connectivity index (χ0n) is 20.6. The Hall–Kier alpha value is -2.86. The van der Waals surface area contributed by atoms with Gasteiger partial charge in [0.15, 0.2) is 9.84 Å². The fraction of sp³-hybridized carbons (Fsp3) is 0.462. The van der Waals surface area contributed by atoms with Gasteiger partial charge in [-0.05, 0) is 62.6 Å². The fourth-order valence-electron chi connectivity index (χ4n) is 4.07. The summed E-state index contributed by atoms with van der Waals surface area (Å²) in [5.41, 5.74) is 1.80. The van der Waals surface area contributed by atoms with E-state index in [9.17, 15) is 21.6 Å². The minimum absolute atomic E-state index is 0.0119. The molecule has 0 fully saturated rings. The third-order valence-corrected chi connectivity index (χ3v) is 8.63. The van der Waals surface area contributed by atoms with Crippen LogP contribution in [0.25, 0.3) is 11.0 Å². The predicted octanol–water partition coefficient (Wildman–Crippen LogP) is 6.65. The molecule has 0 amide bonds. The number of sulfone groups is 1. The Morgan fingerprint density at radius 1 is 0.971 bits per heavy atom. The lowest BCUT2D eigenvalue weighted by Gasteiger charge is -2.25. The molecule has 0 saturated carbocycles. The number of benzene rings is 2. The largest absolute Gasteiger partial charge is 0.389 e. The van der Waals surface area contributed by atoms with E-state index in [-0.39, 0.29) is 16.7 Å². The van der Waals surface area contributed by atoms with E-state index in [0.29, 0.717) is 41.0 Å². The monoisotopic (exact) mass is 505 g/mol. The first-order chi connectivity index (χ1) is 16.1. The molecule has 0 spiro atoms. The van der Waals surface area contributed by atoms with Crippen LogP contribution in [0, 0.1) is 11.3 Å². The third-order valence-electron chi connectivity index (χ3n) is 6.17. The second kappa shape index (κ2) is 9.30. The molecule has 5 nitrogen and oxygen atoms in total. The minimum atomic E-state index is -4.19. The highest BCUT2D eigenvalue weighted by Gasteiger charge is 2.38. The van der Waals surface area contributed by atoms with Crippen molar-refractivity contribution in [3.8, 4) is 6.07 Å². The number of unbranched alkanes of at least 4 members (excludes halogenated alkanes) is 1. The van der Waals surface area contributed by atoms with Crippen LogP contribution >= 0.6 is 0 Å². The van der Waals surface area contributed by atoms with E-state index in [0.717, 1.165) is 0 Å². The molecule has 0 bridgehead atoms. The van der Waals surface area contributed by atoms with Gasteiger partial charge in [-0.25, -0.2) is 13.4 Å². The van der Waals surface area contributed by atoms with Gasteiger partial charge in [0, 0.05) is 18.4 Å². The summed E-state index contributed by atoms with van der Waals surface area (Å²) in [5.74, 6) is 0.695. The molecular weight excluding hydrogens is 475 g/mol. The van der Waals surface area contributed by atoms with Gasteiger partial charge >= 0.3 is 6.18 Å². The lowest BCUT2D eigenvalue weighted by Crippen LogP contribution is -2.29. The van der Waals surface area contributed by atoms with Crippen LogP contribution in [-0.2, 0) is 26.5 Å². The molecular formula is C26H30F3N3O2S. The molecule has 3 rings (SSSR count). The first kappa shape index (κ1) is 26.7. The van der Waals surface area contributed by atoms with Gasteiger partial charge in [-0.15, -0.1) is 0 Å². The van der Waals surface area contributed by atoms with Crippen LogP contribution < -0.4 is 0 Å². The van der Waals surface area contributed by atoms with Gasteiger partial charge in [-0.1, -0.05) is 32.9 Å². The first-order valence-corrected chi connectivity index (χ1v) is 12.9. The van der Waals surface area contributed by atoms with E-state index in [1.54, 1.807) is 44.2 Å². The molecule has 0 aliphatic carbocycles. The standard InChI is InChI=1S/C26H30F3N3O2S/c1-24(2,3)23-31-21-16-20(12-13-22(21)32(23)15-7-6-14-26(27,28)29)35(33,34)25(4,5)19-10-8-18(17-30)9-11-19/h8-13,16H,6-7,14-15H2,1-5H3. The number of fused-ring (bicyclic) bond motifs is 1. The number of rotatable bonds is 7. The molecule has 9 heteroatoms. The Morgan fingerprint density at radius 3 is 2.14 bits per heavy atom. The number of imidazole rings is 1. The maximum absolute atomic E-state index is 13.6. The van der Waals surface area contributed by atoms with Crippen LogP contribution in [-0.4, -0.2) is 24.1 Å². The number of aromatic nitrogens is 2. The number of nitriles is 1. The fourth-order valence-corrected chi connectivity index (χ4v) is 5.62. The first-order valence-electron chi connectivity index (χ1n) is 11.4. The molecule has 188 valence electrons. The average Bonchev–Trinajstić information content (AvgIpc) is 3.14. The molecule has 0 unspecified atom stereocenters. The van der Waals surface area contributed by atoms with Gasteiger partial charge in [0.2, 0.25) is 0 Å². The van der Waals surface area contributed by atoms with E-state index in [1.807, 2.05) is 31.4 Å². The summed E-state index contributed by atoms with van der Waals surface area (Å²) in [4.78, 5) is 4.82. The van der Waals surface area contributed by atoms with Gasteiger partial charge in [0.1, 0.15) is 5.82 Å². The highest BCUT2D eigenvalue weighted by atomic mass is 32.2. The van der Waals surface area contributed by atoms with Crippen molar-refractivity contribution in [3.63, 3.8) is 0 Å². The maximum Gasteiger partial charge on any atom is 0.389 e. The zero-order chi connectivity index (χ0) is 26.2. The Kier molecular flexibility index (Phi) is 7.11. The second-order valence-electron chi connectivity index (χ2n) is 10.3. The van der Waals surface area contributed by atoms with Crippen molar-refractivity contribution in [3.05, 3.63) is 59.4 Å². The van der Waals surface area contributed by atoms with Crippen LogP contribution in [0.5, 0.6) is 0 Å². The normalized spacial score (nSPS) is 13.2. The summed E-state index contributed by atoms with van der Waals surface area (Å²) < 4.78 is 65.6. The molecule has 1 heterocycles. The number of hydrogen-bond donors (Lipinski definition) is 0. The van der Waals surface area contributed by atoms with Gasteiger partial charge < -0.3 is 4.57 Å². The summed E-state index contributed by atoms with van der Waals surface area (Å²) in [7, 11) is -3.84. The van der Waals surface area contributed by atoms with Crippen LogP contribution in [0.4, 0.5) is 13.2 Å². The number of aryl methyl sites for hydroxylation is 1. The highest BCUT2D eigenvalue weighted by molar-refractivity contribution is 7.92. The number of hydrogen-bond acceptors (Lipinski definition) is 4. The summed E-state index contributed by atoms with van der Waals surface area (Å²) in [6.45, 7) is 9.49. The quantitative estimate of drug-likeness (QED) is 0.337. The van der Waals surface area contributed by atoms with Gasteiger partial charge in [0.05, 0.1) is 32.3 Å². The predicted molar refractivity (Wildman–Crippen MR) is 130 cm³/mol. The van der Waals surface area contributed by atoms with Crippen LogP contribution in [0.1, 0.15) is 70.8 Å². The van der Waals surface area contributed by atoms with Crippen molar-refractivity contribution >= 4 is 20.9 Å². The molecule has 2 aromatic carbocycles. The van der Waals surface area contributed by atoms with Crippen molar-refractivity contribution in [1.82, 2.24) is 9.55 Å². The molecule has 3 aromatic rings. The molecule has 0 saturated heterocycles. The van der Waals surface area contributed by atoms with Crippen molar-refractivity contribution < 1.29 is 21.6 Å². The summed E-state index contributed by atoms with van der Waals surface area (Å²) in [5, 5.41) is 9.03.